The third kappa shape index (κ3) is 5.02. The van der Waals surface area contributed by atoms with Crippen molar-refractivity contribution in [3.05, 3.63) is 54.1 Å². The highest BCUT2D eigenvalue weighted by molar-refractivity contribution is 7.89. The number of nitrogens with zero attached hydrogens (tertiary/aromatic N) is 2. The van der Waals surface area contributed by atoms with Gasteiger partial charge in [-0.25, -0.2) is 8.42 Å². The summed E-state index contributed by atoms with van der Waals surface area (Å²) < 4.78 is 27.3. The molecule has 162 valence electrons. The summed E-state index contributed by atoms with van der Waals surface area (Å²) in [6.07, 6.45) is 2.81. The Bertz CT molecular complexity index is 965. The summed E-state index contributed by atoms with van der Waals surface area (Å²) in [7, 11) is -3.57. The van der Waals surface area contributed by atoms with Crippen LogP contribution in [0.25, 0.3) is 0 Å². The number of amides is 1. The lowest BCUT2D eigenvalue weighted by molar-refractivity contribution is 0.102. The molecule has 1 fully saturated rings. The van der Waals surface area contributed by atoms with E-state index >= 15 is 0 Å². The van der Waals surface area contributed by atoms with Crippen LogP contribution in [0.5, 0.6) is 0 Å². The summed E-state index contributed by atoms with van der Waals surface area (Å²) in [6, 6.07) is 14.4. The molecule has 2 aromatic carbocycles. The van der Waals surface area contributed by atoms with E-state index in [4.69, 9.17) is 0 Å². The zero-order valence-corrected chi connectivity index (χ0v) is 18.8. The quantitative estimate of drug-likeness (QED) is 0.710. The normalized spacial score (nSPS) is 15.2. The molecule has 3 rings (SSSR count). The van der Waals surface area contributed by atoms with Crippen LogP contribution in [0.4, 0.5) is 11.4 Å². The van der Waals surface area contributed by atoms with Gasteiger partial charge in [-0.05, 0) is 76.1 Å². The van der Waals surface area contributed by atoms with E-state index in [1.165, 1.54) is 10.4 Å². The number of anilines is 2. The van der Waals surface area contributed by atoms with Crippen molar-refractivity contribution in [2.45, 2.75) is 51.0 Å². The van der Waals surface area contributed by atoms with Crippen LogP contribution in [0.3, 0.4) is 0 Å². The minimum absolute atomic E-state index is 0.169. The standard InChI is InChI=1S/C23H31N3O3S/c1-4-26(18(2)3)21-13-11-20(12-14-21)24-23(27)19-9-8-10-22(17-19)30(28,29)25-15-6-5-7-16-25/h8-14,17-18H,4-7,15-16H2,1-3H3,(H,24,27). The van der Waals surface area contributed by atoms with Crippen molar-refractivity contribution in [3.8, 4) is 0 Å². The Morgan fingerprint density at radius 3 is 2.33 bits per heavy atom. The second kappa shape index (κ2) is 9.62. The van der Waals surface area contributed by atoms with E-state index in [0.717, 1.165) is 31.5 Å². The molecule has 6 nitrogen and oxygen atoms in total. The molecule has 1 saturated heterocycles. The maximum absolute atomic E-state index is 12.9. The van der Waals surface area contributed by atoms with Gasteiger partial charge in [-0.2, -0.15) is 4.31 Å². The molecule has 0 saturated carbocycles. The molecule has 1 aliphatic heterocycles. The molecule has 0 bridgehead atoms. The highest BCUT2D eigenvalue weighted by Gasteiger charge is 2.26. The first-order valence-electron chi connectivity index (χ1n) is 10.6. The second-order valence-corrected chi connectivity index (χ2v) is 9.81. The first kappa shape index (κ1) is 22.3. The lowest BCUT2D eigenvalue weighted by Crippen LogP contribution is -2.35. The predicted molar refractivity (Wildman–Crippen MR) is 122 cm³/mol. The zero-order chi connectivity index (χ0) is 21.7. The third-order valence-corrected chi connectivity index (χ3v) is 7.36. The second-order valence-electron chi connectivity index (χ2n) is 7.87. The van der Waals surface area contributed by atoms with Crippen LogP contribution in [0.15, 0.2) is 53.4 Å². The lowest BCUT2D eigenvalue weighted by Gasteiger charge is -2.27. The van der Waals surface area contributed by atoms with Crippen molar-refractivity contribution in [2.75, 3.05) is 29.9 Å². The van der Waals surface area contributed by atoms with E-state index in [2.05, 4.69) is 31.0 Å². The summed E-state index contributed by atoms with van der Waals surface area (Å²) in [5, 5.41) is 2.86. The van der Waals surface area contributed by atoms with E-state index in [9.17, 15) is 13.2 Å². The van der Waals surface area contributed by atoms with Crippen LogP contribution in [-0.4, -0.2) is 44.3 Å². The summed E-state index contributed by atoms with van der Waals surface area (Å²) in [5.41, 5.74) is 2.10. The fourth-order valence-electron chi connectivity index (χ4n) is 3.84. The third-order valence-electron chi connectivity index (χ3n) is 5.47. The lowest BCUT2D eigenvalue weighted by atomic mass is 10.2. The molecule has 1 amide bonds. The maximum atomic E-state index is 12.9. The maximum Gasteiger partial charge on any atom is 0.255 e. The molecule has 7 heteroatoms. The largest absolute Gasteiger partial charge is 0.369 e. The Morgan fingerprint density at radius 2 is 1.73 bits per heavy atom. The first-order valence-corrected chi connectivity index (χ1v) is 12.0. The molecule has 30 heavy (non-hydrogen) atoms. The predicted octanol–water partition coefficient (Wildman–Crippen LogP) is 4.35. The molecule has 0 aliphatic carbocycles. The molecule has 0 aromatic heterocycles. The number of sulfonamides is 1. The summed E-state index contributed by atoms with van der Waals surface area (Å²) in [4.78, 5) is 15.2. The van der Waals surface area contributed by atoms with E-state index < -0.39 is 10.0 Å². The Hall–Kier alpha value is -2.38. The topological polar surface area (TPSA) is 69.7 Å². The van der Waals surface area contributed by atoms with Gasteiger partial charge in [0.2, 0.25) is 10.0 Å². The number of hydrogen-bond acceptors (Lipinski definition) is 4. The number of carbonyl (C=O) groups is 1. The minimum atomic E-state index is -3.57. The van der Waals surface area contributed by atoms with E-state index in [1.54, 1.807) is 18.2 Å². The molecule has 1 N–H and O–H groups in total. The molecule has 0 radical (unpaired) electrons. The molecule has 0 atom stereocenters. The van der Waals surface area contributed by atoms with Crippen molar-refractivity contribution in [1.29, 1.82) is 0 Å². The monoisotopic (exact) mass is 429 g/mol. The van der Waals surface area contributed by atoms with Gasteiger partial charge in [-0.1, -0.05) is 12.5 Å². The molecule has 2 aromatic rings. The Balaban J connectivity index is 1.74. The number of piperidine rings is 1. The van der Waals surface area contributed by atoms with Crippen molar-refractivity contribution in [3.63, 3.8) is 0 Å². The van der Waals surface area contributed by atoms with Crippen LogP contribution in [0, 0.1) is 0 Å². The van der Waals surface area contributed by atoms with Gasteiger partial charge in [0, 0.05) is 42.6 Å². The van der Waals surface area contributed by atoms with Crippen LogP contribution < -0.4 is 10.2 Å². The van der Waals surface area contributed by atoms with Crippen LogP contribution in [0.1, 0.15) is 50.4 Å². The number of benzene rings is 2. The van der Waals surface area contributed by atoms with Gasteiger partial charge < -0.3 is 10.2 Å². The minimum Gasteiger partial charge on any atom is -0.369 e. The summed E-state index contributed by atoms with van der Waals surface area (Å²) in [6.45, 7) is 8.38. The summed E-state index contributed by atoms with van der Waals surface area (Å²) >= 11 is 0. The van der Waals surface area contributed by atoms with Gasteiger partial charge in [0.15, 0.2) is 0 Å². The van der Waals surface area contributed by atoms with Gasteiger partial charge >= 0.3 is 0 Å². The number of carbonyl (C=O) groups excluding carboxylic acids is 1. The number of hydrogen-bond donors (Lipinski definition) is 1. The Morgan fingerprint density at radius 1 is 1.07 bits per heavy atom. The zero-order valence-electron chi connectivity index (χ0n) is 18.0. The van der Waals surface area contributed by atoms with Crippen LogP contribution >= 0.6 is 0 Å². The van der Waals surface area contributed by atoms with Crippen molar-refractivity contribution in [2.24, 2.45) is 0 Å². The smallest absolute Gasteiger partial charge is 0.255 e. The molecule has 1 aliphatic rings. The fraction of sp³-hybridized carbons (Fsp3) is 0.435. The van der Waals surface area contributed by atoms with Gasteiger partial charge in [-0.3, -0.25) is 4.79 Å². The molecule has 0 unspecified atom stereocenters. The van der Waals surface area contributed by atoms with E-state index in [0.29, 0.717) is 30.4 Å². The fourth-order valence-corrected chi connectivity index (χ4v) is 5.40. The highest BCUT2D eigenvalue weighted by atomic mass is 32.2. The van der Waals surface area contributed by atoms with Gasteiger partial charge in [0.25, 0.3) is 5.91 Å². The van der Waals surface area contributed by atoms with Gasteiger partial charge in [0.05, 0.1) is 4.90 Å². The summed E-state index contributed by atoms with van der Waals surface area (Å²) in [5.74, 6) is -0.324. The van der Waals surface area contributed by atoms with Gasteiger partial charge in [-0.15, -0.1) is 0 Å². The van der Waals surface area contributed by atoms with E-state index in [1.807, 2.05) is 24.3 Å². The molecular weight excluding hydrogens is 398 g/mol. The van der Waals surface area contributed by atoms with Crippen molar-refractivity contribution in [1.82, 2.24) is 4.31 Å². The molecule has 0 spiro atoms. The van der Waals surface area contributed by atoms with Crippen LogP contribution in [-0.2, 0) is 10.0 Å². The molecule has 1 heterocycles. The Labute approximate surface area is 179 Å². The first-order chi connectivity index (χ1) is 14.3. The highest BCUT2D eigenvalue weighted by Crippen LogP contribution is 2.23. The average Bonchev–Trinajstić information content (AvgIpc) is 2.76. The molecular formula is C23H31N3O3S. The number of nitrogens with one attached hydrogen (secondary N) is 1. The Kier molecular flexibility index (Phi) is 7.15. The SMILES string of the molecule is CCN(c1ccc(NC(=O)c2cccc(S(=O)(=O)N3CCCCC3)c2)cc1)C(C)C. The van der Waals surface area contributed by atoms with E-state index in [-0.39, 0.29) is 10.8 Å². The number of rotatable bonds is 7. The average molecular weight is 430 g/mol. The van der Waals surface area contributed by atoms with Crippen LogP contribution in [0.2, 0.25) is 0 Å². The van der Waals surface area contributed by atoms with Gasteiger partial charge in [0.1, 0.15) is 0 Å². The van der Waals surface area contributed by atoms with Crippen molar-refractivity contribution >= 4 is 27.3 Å². The van der Waals surface area contributed by atoms with Crippen molar-refractivity contribution < 1.29 is 13.2 Å².